The highest BCUT2D eigenvalue weighted by molar-refractivity contribution is 5.94. The summed E-state index contributed by atoms with van der Waals surface area (Å²) < 4.78 is 66.1. The summed E-state index contributed by atoms with van der Waals surface area (Å²) in [5, 5.41) is 3.44. The van der Waals surface area contributed by atoms with Crippen molar-refractivity contribution in [3.8, 4) is 0 Å². The monoisotopic (exact) mass is 355 g/mol. The van der Waals surface area contributed by atoms with Gasteiger partial charge in [-0.25, -0.2) is 26.7 Å². The largest absolute Gasteiger partial charge is 0.371 e. The first-order chi connectivity index (χ1) is 11.9. The van der Waals surface area contributed by atoms with Crippen LogP contribution in [0.5, 0.6) is 0 Å². The van der Waals surface area contributed by atoms with Gasteiger partial charge in [-0.05, 0) is 24.3 Å². The Bertz CT molecular complexity index is 830. The number of carbonyl (C=O) groups is 1. The third-order valence-electron chi connectivity index (χ3n) is 3.91. The second-order valence-electron chi connectivity index (χ2n) is 5.50. The summed E-state index contributed by atoms with van der Waals surface area (Å²) in [6.07, 6.45) is 0.933. The van der Waals surface area contributed by atoms with Crippen LogP contribution in [0.25, 0.3) is 0 Å². The molecule has 1 saturated carbocycles. The van der Waals surface area contributed by atoms with Gasteiger partial charge in [0.1, 0.15) is 5.56 Å². The van der Waals surface area contributed by atoms with Crippen LogP contribution in [0.3, 0.4) is 0 Å². The number of hydrogen-bond acceptors (Lipinski definition) is 3. The Balaban J connectivity index is 1.71. The second kappa shape index (κ2) is 6.62. The fraction of sp³-hybridized carbons (Fsp3) is 0.176. The van der Waals surface area contributed by atoms with Crippen LogP contribution in [0.2, 0.25) is 0 Å². The zero-order valence-corrected chi connectivity index (χ0v) is 12.5. The van der Waals surface area contributed by atoms with Gasteiger partial charge < -0.3 is 4.84 Å². The van der Waals surface area contributed by atoms with Crippen molar-refractivity contribution >= 4 is 11.7 Å². The molecule has 0 heterocycles. The van der Waals surface area contributed by atoms with Gasteiger partial charge in [0.2, 0.25) is 5.82 Å². The molecule has 2 aromatic carbocycles. The van der Waals surface area contributed by atoms with Gasteiger partial charge in [-0.2, -0.15) is 0 Å². The van der Waals surface area contributed by atoms with Gasteiger partial charge in [-0.3, -0.25) is 0 Å². The van der Waals surface area contributed by atoms with E-state index in [0.29, 0.717) is 18.6 Å². The van der Waals surface area contributed by atoms with Gasteiger partial charge in [-0.1, -0.05) is 35.5 Å². The number of oxime groups is 1. The van der Waals surface area contributed by atoms with Gasteiger partial charge in [-0.15, -0.1) is 0 Å². The van der Waals surface area contributed by atoms with Crippen LogP contribution in [0.15, 0.2) is 35.5 Å². The van der Waals surface area contributed by atoms with E-state index in [9.17, 15) is 26.7 Å². The molecule has 0 amide bonds. The molecule has 8 heteroatoms. The first-order valence-electron chi connectivity index (χ1n) is 7.23. The van der Waals surface area contributed by atoms with Gasteiger partial charge in [0.05, 0.1) is 5.71 Å². The topological polar surface area (TPSA) is 38.7 Å². The first kappa shape index (κ1) is 17.1. The Morgan fingerprint density at radius 1 is 0.880 bits per heavy atom. The summed E-state index contributed by atoms with van der Waals surface area (Å²) in [7, 11) is 0. The van der Waals surface area contributed by atoms with E-state index in [1.807, 2.05) is 30.3 Å². The van der Waals surface area contributed by atoms with Crippen molar-refractivity contribution in [1.82, 2.24) is 0 Å². The second-order valence-corrected chi connectivity index (χ2v) is 5.50. The van der Waals surface area contributed by atoms with Gasteiger partial charge >= 0.3 is 5.97 Å². The third kappa shape index (κ3) is 3.11. The molecule has 0 spiro atoms. The number of benzene rings is 2. The minimum atomic E-state index is -2.34. The molecule has 0 atom stereocenters. The quantitative estimate of drug-likeness (QED) is 0.268. The number of nitrogens with zero attached hydrogens (tertiary/aromatic N) is 1. The SMILES string of the molecule is O=C(ON=C1CC(c2ccccc2)C1)c1c(F)c(F)c(F)c(F)c1F. The normalized spacial score (nSPS) is 16.4. The maximum Gasteiger partial charge on any atom is 0.371 e. The molecule has 0 saturated heterocycles. The van der Waals surface area contributed by atoms with Crippen molar-refractivity contribution in [2.45, 2.75) is 18.8 Å². The summed E-state index contributed by atoms with van der Waals surface area (Å²) in [5.41, 5.74) is -0.154. The van der Waals surface area contributed by atoms with Crippen LogP contribution in [0, 0.1) is 29.1 Å². The lowest BCUT2D eigenvalue weighted by molar-refractivity contribution is 0.0496. The molecule has 25 heavy (non-hydrogen) atoms. The Morgan fingerprint density at radius 3 is 1.96 bits per heavy atom. The average molecular weight is 355 g/mol. The van der Waals surface area contributed by atoms with Crippen LogP contribution in [0.1, 0.15) is 34.7 Å². The highest BCUT2D eigenvalue weighted by Crippen LogP contribution is 2.34. The predicted octanol–water partition coefficient (Wildman–Crippen LogP) is 4.47. The molecule has 1 aliphatic carbocycles. The standard InChI is InChI=1S/C17H10F5NO2/c18-12-11(13(19)15(21)16(22)14(12)20)17(24)25-23-10-6-9(7-10)8-4-2-1-3-5-8/h1-5,9H,6-7H2. The lowest BCUT2D eigenvalue weighted by atomic mass is 9.78. The molecule has 130 valence electrons. The number of halogens is 5. The van der Waals surface area contributed by atoms with E-state index in [1.54, 1.807) is 0 Å². The average Bonchev–Trinajstić information content (AvgIpc) is 2.58. The Labute approximate surface area is 138 Å². The molecule has 1 aliphatic rings. The fourth-order valence-corrected chi connectivity index (χ4v) is 2.48. The molecule has 0 unspecified atom stereocenters. The van der Waals surface area contributed by atoms with E-state index < -0.39 is 40.6 Å². The van der Waals surface area contributed by atoms with Crippen molar-refractivity contribution in [1.29, 1.82) is 0 Å². The molecular weight excluding hydrogens is 345 g/mol. The molecule has 3 rings (SSSR count). The van der Waals surface area contributed by atoms with Gasteiger partial charge in [0.15, 0.2) is 23.3 Å². The van der Waals surface area contributed by atoms with Gasteiger partial charge in [0.25, 0.3) is 0 Å². The number of hydrogen-bond donors (Lipinski definition) is 0. The van der Waals surface area contributed by atoms with E-state index in [1.165, 1.54) is 0 Å². The zero-order chi connectivity index (χ0) is 18.1. The van der Waals surface area contributed by atoms with Crippen molar-refractivity contribution in [2.24, 2.45) is 5.16 Å². The zero-order valence-electron chi connectivity index (χ0n) is 12.5. The van der Waals surface area contributed by atoms with E-state index in [2.05, 4.69) is 9.99 Å². The van der Waals surface area contributed by atoms with Crippen LogP contribution < -0.4 is 0 Å². The molecule has 0 aliphatic heterocycles. The summed E-state index contributed by atoms with van der Waals surface area (Å²) in [6.45, 7) is 0. The highest BCUT2D eigenvalue weighted by Gasteiger charge is 2.32. The van der Waals surface area contributed by atoms with Gasteiger partial charge in [0, 0.05) is 0 Å². The maximum atomic E-state index is 13.5. The maximum absolute atomic E-state index is 13.5. The van der Waals surface area contributed by atoms with Crippen molar-refractivity contribution in [3.05, 3.63) is 70.5 Å². The number of rotatable bonds is 3. The van der Waals surface area contributed by atoms with Crippen molar-refractivity contribution < 1.29 is 31.6 Å². The summed E-state index contributed by atoms with van der Waals surface area (Å²) in [4.78, 5) is 16.0. The van der Waals surface area contributed by atoms with Crippen molar-refractivity contribution in [3.63, 3.8) is 0 Å². The van der Waals surface area contributed by atoms with E-state index in [0.717, 1.165) is 5.56 Å². The van der Waals surface area contributed by atoms with Crippen molar-refractivity contribution in [2.75, 3.05) is 0 Å². The Hall–Kier alpha value is -2.77. The Morgan fingerprint density at radius 2 is 1.40 bits per heavy atom. The molecule has 2 aromatic rings. The number of carbonyl (C=O) groups excluding carboxylic acids is 1. The van der Waals surface area contributed by atoms with E-state index >= 15 is 0 Å². The predicted molar refractivity (Wildman–Crippen MR) is 77.5 cm³/mol. The highest BCUT2D eigenvalue weighted by atomic mass is 19.2. The lowest BCUT2D eigenvalue weighted by Crippen LogP contribution is -2.23. The molecule has 1 fully saturated rings. The minimum Gasteiger partial charge on any atom is -0.313 e. The molecule has 0 radical (unpaired) electrons. The lowest BCUT2D eigenvalue weighted by Gasteiger charge is -2.27. The molecule has 0 bridgehead atoms. The molecule has 3 nitrogen and oxygen atoms in total. The van der Waals surface area contributed by atoms with Crippen LogP contribution in [0.4, 0.5) is 22.0 Å². The smallest absolute Gasteiger partial charge is 0.313 e. The van der Waals surface area contributed by atoms with Crippen LogP contribution >= 0.6 is 0 Å². The summed E-state index contributed by atoms with van der Waals surface area (Å²) in [6, 6.07) is 9.44. The van der Waals surface area contributed by atoms with Crippen LogP contribution in [-0.4, -0.2) is 11.7 Å². The molecule has 0 aromatic heterocycles. The van der Waals surface area contributed by atoms with E-state index in [4.69, 9.17) is 0 Å². The summed E-state index contributed by atoms with van der Waals surface area (Å²) in [5.74, 6) is -12.9. The van der Waals surface area contributed by atoms with Crippen LogP contribution in [-0.2, 0) is 4.84 Å². The first-order valence-corrected chi connectivity index (χ1v) is 7.23. The molecule has 0 N–H and O–H groups in total. The third-order valence-corrected chi connectivity index (χ3v) is 3.91. The molecular formula is C17H10F5NO2. The minimum absolute atomic E-state index is 0.174. The summed E-state index contributed by atoms with van der Waals surface area (Å²) >= 11 is 0. The van der Waals surface area contributed by atoms with E-state index in [-0.39, 0.29) is 5.92 Å². The fourth-order valence-electron chi connectivity index (χ4n) is 2.48. The Kier molecular flexibility index (Phi) is 4.52.